The molecule has 0 aromatic carbocycles. The summed E-state index contributed by atoms with van der Waals surface area (Å²) in [5.74, 6) is 1.84. The maximum Gasteiger partial charge on any atom is 0.121 e. The van der Waals surface area contributed by atoms with Gasteiger partial charge in [0.15, 0.2) is 0 Å². The highest BCUT2D eigenvalue weighted by atomic mass is 16.3. The number of rotatable bonds is 5. The number of hydrogen-bond donors (Lipinski definition) is 1. The minimum atomic E-state index is 0.508. The second kappa shape index (κ2) is 5.51. The topological polar surface area (TPSA) is 42.4 Å². The van der Waals surface area contributed by atoms with Crippen molar-refractivity contribution in [2.75, 3.05) is 13.1 Å². The fourth-order valence-electron chi connectivity index (χ4n) is 2.63. The van der Waals surface area contributed by atoms with Crippen molar-refractivity contribution in [3.8, 4) is 0 Å². The standard InChI is InChI=1S/C13H22N2O/c1-2-3-11-4-6-15(9-11)10-12-5-7-16-13(12)8-14/h5,7,11H,2-4,6,8-10,14H2,1H3. The van der Waals surface area contributed by atoms with Crippen molar-refractivity contribution < 1.29 is 4.42 Å². The van der Waals surface area contributed by atoms with Crippen molar-refractivity contribution in [2.24, 2.45) is 11.7 Å². The summed E-state index contributed by atoms with van der Waals surface area (Å²) in [5, 5.41) is 0. The Balaban J connectivity index is 1.87. The zero-order valence-corrected chi connectivity index (χ0v) is 10.1. The number of nitrogens with two attached hydrogens (primary N) is 1. The monoisotopic (exact) mass is 222 g/mol. The van der Waals surface area contributed by atoms with E-state index in [2.05, 4.69) is 17.9 Å². The Hall–Kier alpha value is -0.800. The maximum atomic E-state index is 5.63. The Morgan fingerprint density at radius 1 is 1.56 bits per heavy atom. The Labute approximate surface area is 97.6 Å². The Morgan fingerprint density at radius 3 is 3.19 bits per heavy atom. The van der Waals surface area contributed by atoms with Gasteiger partial charge in [0.05, 0.1) is 12.8 Å². The lowest BCUT2D eigenvalue weighted by Gasteiger charge is -2.15. The molecule has 1 fully saturated rings. The van der Waals surface area contributed by atoms with Crippen molar-refractivity contribution >= 4 is 0 Å². The molecule has 16 heavy (non-hydrogen) atoms. The van der Waals surface area contributed by atoms with E-state index < -0.39 is 0 Å². The number of furan rings is 1. The third kappa shape index (κ3) is 2.66. The van der Waals surface area contributed by atoms with Gasteiger partial charge in [-0.1, -0.05) is 13.3 Å². The van der Waals surface area contributed by atoms with Gasteiger partial charge in [-0.3, -0.25) is 4.90 Å². The highest BCUT2D eigenvalue weighted by molar-refractivity contribution is 5.16. The van der Waals surface area contributed by atoms with E-state index in [0.717, 1.165) is 18.2 Å². The van der Waals surface area contributed by atoms with E-state index in [1.54, 1.807) is 6.26 Å². The van der Waals surface area contributed by atoms with Crippen LogP contribution in [0.15, 0.2) is 16.7 Å². The van der Waals surface area contributed by atoms with Gasteiger partial charge in [0.1, 0.15) is 5.76 Å². The van der Waals surface area contributed by atoms with E-state index in [4.69, 9.17) is 10.2 Å². The average Bonchev–Trinajstić information content (AvgIpc) is 2.89. The summed E-state index contributed by atoms with van der Waals surface area (Å²) in [6, 6.07) is 2.05. The van der Waals surface area contributed by atoms with Gasteiger partial charge >= 0.3 is 0 Å². The fourth-order valence-corrected chi connectivity index (χ4v) is 2.63. The molecule has 2 heterocycles. The smallest absolute Gasteiger partial charge is 0.121 e. The van der Waals surface area contributed by atoms with Gasteiger partial charge in [-0.15, -0.1) is 0 Å². The number of hydrogen-bond acceptors (Lipinski definition) is 3. The number of nitrogens with zero attached hydrogens (tertiary/aromatic N) is 1. The van der Waals surface area contributed by atoms with Crippen LogP contribution >= 0.6 is 0 Å². The molecule has 1 atom stereocenters. The van der Waals surface area contributed by atoms with Crippen molar-refractivity contribution in [1.82, 2.24) is 4.90 Å². The van der Waals surface area contributed by atoms with Crippen LogP contribution < -0.4 is 5.73 Å². The molecule has 1 aromatic rings. The Bertz CT molecular complexity index is 321. The molecule has 0 saturated carbocycles. The largest absolute Gasteiger partial charge is 0.468 e. The molecule has 0 aliphatic carbocycles. The first kappa shape index (κ1) is 11.7. The second-order valence-electron chi connectivity index (χ2n) is 4.75. The first-order chi connectivity index (χ1) is 7.83. The predicted molar refractivity (Wildman–Crippen MR) is 64.9 cm³/mol. The quantitative estimate of drug-likeness (QED) is 0.831. The predicted octanol–water partition coefficient (Wildman–Crippen LogP) is 2.36. The molecule has 1 aromatic heterocycles. The lowest BCUT2D eigenvalue weighted by atomic mass is 10.0. The lowest BCUT2D eigenvalue weighted by Crippen LogP contribution is -2.20. The molecule has 3 nitrogen and oxygen atoms in total. The molecule has 1 unspecified atom stereocenters. The molecule has 0 spiro atoms. The molecule has 2 N–H and O–H groups in total. The summed E-state index contributed by atoms with van der Waals surface area (Å²) in [7, 11) is 0. The highest BCUT2D eigenvalue weighted by Crippen LogP contribution is 2.23. The van der Waals surface area contributed by atoms with Crippen molar-refractivity contribution in [3.05, 3.63) is 23.7 Å². The van der Waals surface area contributed by atoms with Crippen LogP contribution in [0.25, 0.3) is 0 Å². The Morgan fingerprint density at radius 2 is 2.44 bits per heavy atom. The normalized spacial score (nSPS) is 21.8. The van der Waals surface area contributed by atoms with E-state index in [1.165, 1.54) is 37.9 Å². The number of likely N-dealkylation sites (tertiary alicyclic amines) is 1. The van der Waals surface area contributed by atoms with E-state index in [9.17, 15) is 0 Å². The van der Waals surface area contributed by atoms with Gasteiger partial charge in [0, 0.05) is 18.7 Å². The van der Waals surface area contributed by atoms with Gasteiger partial charge in [0.25, 0.3) is 0 Å². The lowest BCUT2D eigenvalue weighted by molar-refractivity contribution is 0.309. The molecule has 90 valence electrons. The van der Waals surface area contributed by atoms with Crippen LogP contribution in [0.1, 0.15) is 37.5 Å². The van der Waals surface area contributed by atoms with Crippen LogP contribution in [-0.4, -0.2) is 18.0 Å². The third-order valence-electron chi connectivity index (χ3n) is 3.48. The summed E-state index contributed by atoms with van der Waals surface area (Å²) in [5.41, 5.74) is 6.90. The third-order valence-corrected chi connectivity index (χ3v) is 3.48. The summed E-state index contributed by atoms with van der Waals surface area (Å²) < 4.78 is 5.35. The molecule has 1 saturated heterocycles. The van der Waals surface area contributed by atoms with Crippen LogP contribution in [0.2, 0.25) is 0 Å². The van der Waals surface area contributed by atoms with Gasteiger partial charge in [0.2, 0.25) is 0 Å². The molecule has 3 heteroatoms. The van der Waals surface area contributed by atoms with Crippen molar-refractivity contribution in [1.29, 1.82) is 0 Å². The molecule has 0 bridgehead atoms. The van der Waals surface area contributed by atoms with Crippen molar-refractivity contribution in [2.45, 2.75) is 39.3 Å². The molecule has 2 rings (SSSR count). The molecule has 0 radical (unpaired) electrons. The van der Waals surface area contributed by atoms with E-state index >= 15 is 0 Å². The van der Waals surface area contributed by atoms with E-state index in [0.29, 0.717) is 6.54 Å². The van der Waals surface area contributed by atoms with Gasteiger partial charge in [-0.25, -0.2) is 0 Å². The fraction of sp³-hybridized carbons (Fsp3) is 0.692. The van der Waals surface area contributed by atoms with Crippen LogP contribution in [0.4, 0.5) is 0 Å². The minimum Gasteiger partial charge on any atom is -0.468 e. The van der Waals surface area contributed by atoms with Crippen LogP contribution in [0.3, 0.4) is 0 Å². The minimum absolute atomic E-state index is 0.508. The van der Waals surface area contributed by atoms with Gasteiger partial charge in [-0.05, 0) is 31.4 Å². The first-order valence-corrected chi connectivity index (χ1v) is 6.31. The summed E-state index contributed by atoms with van der Waals surface area (Å²) in [6.45, 7) is 6.24. The molecular weight excluding hydrogens is 200 g/mol. The zero-order valence-electron chi connectivity index (χ0n) is 10.1. The van der Waals surface area contributed by atoms with Crippen LogP contribution in [0.5, 0.6) is 0 Å². The summed E-state index contributed by atoms with van der Waals surface area (Å²) in [6.07, 6.45) is 5.77. The summed E-state index contributed by atoms with van der Waals surface area (Å²) in [4.78, 5) is 2.52. The first-order valence-electron chi connectivity index (χ1n) is 6.31. The van der Waals surface area contributed by atoms with Gasteiger partial charge in [-0.2, -0.15) is 0 Å². The van der Waals surface area contributed by atoms with Gasteiger partial charge < -0.3 is 10.2 Å². The summed E-state index contributed by atoms with van der Waals surface area (Å²) >= 11 is 0. The highest BCUT2D eigenvalue weighted by Gasteiger charge is 2.22. The molecule has 1 aliphatic rings. The van der Waals surface area contributed by atoms with Crippen LogP contribution in [0, 0.1) is 5.92 Å². The SMILES string of the molecule is CCCC1CCN(Cc2ccoc2CN)C1. The van der Waals surface area contributed by atoms with Crippen LogP contribution in [-0.2, 0) is 13.1 Å². The zero-order chi connectivity index (χ0) is 11.4. The van der Waals surface area contributed by atoms with E-state index in [-0.39, 0.29) is 0 Å². The Kier molecular flexibility index (Phi) is 4.02. The maximum absolute atomic E-state index is 5.63. The van der Waals surface area contributed by atoms with Crippen molar-refractivity contribution in [3.63, 3.8) is 0 Å². The second-order valence-corrected chi connectivity index (χ2v) is 4.75. The molecular formula is C13H22N2O. The molecule has 1 aliphatic heterocycles. The molecule has 0 amide bonds. The average molecular weight is 222 g/mol. The van der Waals surface area contributed by atoms with E-state index in [1.807, 2.05) is 0 Å².